The van der Waals surface area contributed by atoms with Crippen LogP contribution in [0.25, 0.3) is 0 Å². The van der Waals surface area contributed by atoms with Crippen LogP contribution in [0.4, 0.5) is 5.69 Å². The molecule has 0 fully saturated rings. The van der Waals surface area contributed by atoms with Crippen LogP contribution >= 0.6 is 0 Å². The summed E-state index contributed by atoms with van der Waals surface area (Å²) in [6.45, 7) is 6.68. The Hall–Kier alpha value is -4.25. The highest BCUT2D eigenvalue weighted by molar-refractivity contribution is 7.92. The molecule has 0 bridgehead atoms. The van der Waals surface area contributed by atoms with Crippen molar-refractivity contribution in [2.75, 3.05) is 30.5 Å². The second-order valence-electron chi connectivity index (χ2n) is 11.3. The summed E-state index contributed by atoms with van der Waals surface area (Å²) in [7, 11) is -2.36. The highest BCUT2D eigenvalue weighted by Crippen LogP contribution is 2.36. The summed E-state index contributed by atoms with van der Waals surface area (Å²) in [5.41, 5.74) is 1.27. The van der Waals surface area contributed by atoms with Crippen molar-refractivity contribution in [3.63, 3.8) is 0 Å². The van der Waals surface area contributed by atoms with Gasteiger partial charge in [0.1, 0.15) is 18.3 Å². The molecule has 1 aliphatic rings. The number of carbonyl (C=O) groups is 2. The molecule has 3 aromatic carbocycles. The van der Waals surface area contributed by atoms with E-state index in [9.17, 15) is 18.0 Å². The molecule has 0 radical (unpaired) electrons. The second kappa shape index (κ2) is 13.4. The molecule has 3 aromatic rings. The summed E-state index contributed by atoms with van der Waals surface area (Å²) in [6, 6.07) is 20.4. The Bertz CT molecular complexity index is 1540. The molecule has 4 rings (SSSR count). The minimum Gasteiger partial charge on any atom is -0.497 e. The number of nitrogens with zero attached hydrogens (tertiary/aromatic N) is 2. The van der Waals surface area contributed by atoms with E-state index in [1.165, 1.54) is 11.8 Å². The molecule has 0 saturated heterocycles. The molecular weight excluding hydrogens is 570 g/mol. The highest BCUT2D eigenvalue weighted by Gasteiger charge is 2.35. The van der Waals surface area contributed by atoms with Crippen molar-refractivity contribution in [2.24, 2.45) is 0 Å². The van der Waals surface area contributed by atoms with Crippen molar-refractivity contribution in [1.82, 2.24) is 10.2 Å². The first kappa shape index (κ1) is 31.7. The van der Waals surface area contributed by atoms with Gasteiger partial charge in [-0.05, 0) is 63.1 Å². The molecule has 230 valence electrons. The van der Waals surface area contributed by atoms with E-state index >= 15 is 0 Å². The Morgan fingerprint density at radius 2 is 1.65 bits per heavy atom. The Labute approximate surface area is 253 Å². The Kier molecular flexibility index (Phi) is 9.85. The third kappa shape index (κ3) is 8.19. The van der Waals surface area contributed by atoms with E-state index in [-0.39, 0.29) is 37.1 Å². The minimum absolute atomic E-state index is 0.0244. The van der Waals surface area contributed by atoms with Crippen LogP contribution in [0.3, 0.4) is 0 Å². The Morgan fingerprint density at radius 1 is 0.953 bits per heavy atom. The number of anilines is 1. The lowest BCUT2D eigenvalue weighted by Gasteiger charge is -2.35. The SMILES string of the molecule is CCS(=O)(=O)N(CC(=O)N(Cc1cccc(OC)c1)C(Cc1ccccc1)C(=O)NC(C)(C)C)c1ccc2c(c1)OCO2. The number of rotatable bonds is 12. The average molecular weight is 610 g/mol. The molecule has 11 heteroatoms. The average Bonchev–Trinajstić information content (AvgIpc) is 3.45. The third-order valence-electron chi connectivity index (χ3n) is 6.88. The normalized spacial score (nSPS) is 13.2. The van der Waals surface area contributed by atoms with Crippen LogP contribution in [0, 0.1) is 0 Å². The van der Waals surface area contributed by atoms with Gasteiger partial charge in [0.25, 0.3) is 0 Å². The number of hydrogen-bond donors (Lipinski definition) is 1. The van der Waals surface area contributed by atoms with Crippen molar-refractivity contribution >= 4 is 27.5 Å². The number of ether oxygens (including phenoxy) is 3. The Balaban J connectivity index is 1.77. The minimum atomic E-state index is -3.91. The molecule has 1 heterocycles. The first-order valence-electron chi connectivity index (χ1n) is 14.1. The predicted octanol–water partition coefficient (Wildman–Crippen LogP) is 4.13. The van der Waals surface area contributed by atoms with Gasteiger partial charge < -0.3 is 24.4 Å². The van der Waals surface area contributed by atoms with E-state index in [2.05, 4.69) is 5.32 Å². The zero-order valence-corrected chi connectivity index (χ0v) is 26.0. The predicted molar refractivity (Wildman–Crippen MR) is 165 cm³/mol. The maximum absolute atomic E-state index is 14.3. The van der Waals surface area contributed by atoms with Gasteiger partial charge in [-0.25, -0.2) is 8.42 Å². The van der Waals surface area contributed by atoms with Crippen molar-refractivity contribution < 1.29 is 32.2 Å². The molecule has 0 saturated carbocycles. The molecule has 0 aliphatic carbocycles. The van der Waals surface area contributed by atoms with Gasteiger partial charge in [0.05, 0.1) is 18.6 Å². The smallest absolute Gasteiger partial charge is 0.244 e. The topological polar surface area (TPSA) is 114 Å². The number of amides is 2. The van der Waals surface area contributed by atoms with E-state index < -0.39 is 34.1 Å². The van der Waals surface area contributed by atoms with Crippen LogP contribution in [0.15, 0.2) is 72.8 Å². The number of benzene rings is 3. The number of sulfonamides is 1. The van der Waals surface area contributed by atoms with Gasteiger partial charge >= 0.3 is 0 Å². The standard InChI is InChI=1S/C32H39N3O7S/c1-6-43(38,39)35(25-15-16-28-29(19-25)42-22-41-28)21-30(36)34(20-24-13-10-14-26(17-24)40-5)27(31(37)33-32(2,3)4)18-23-11-8-7-9-12-23/h7-17,19,27H,6,18,20-22H2,1-5H3,(H,33,37). The molecule has 43 heavy (non-hydrogen) atoms. The van der Waals surface area contributed by atoms with E-state index in [0.29, 0.717) is 17.2 Å². The molecule has 1 unspecified atom stereocenters. The summed E-state index contributed by atoms with van der Waals surface area (Å²) in [5, 5.41) is 3.02. The van der Waals surface area contributed by atoms with Crippen LogP contribution in [0.5, 0.6) is 17.2 Å². The van der Waals surface area contributed by atoms with Crippen LogP contribution in [-0.4, -0.2) is 62.9 Å². The first-order chi connectivity index (χ1) is 20.4. The molecule has 1 aliphatic heterocycles. The van der Waals surface area contributed by atoms with Gasteiger partial charge in [0.2, 0.25) is 28.6 Å². The van der Waals surface area contributed by atoms with Crippen molar-refractivity contribution in [1.29, 1.82) is 0 Å². The molecule has 10 nitrogen and oxygen atoms in total. The summed E-state index contributed by atoms with van der Waals surface area (Å²) in [4.78, 5) is 29.7. The fraction of sp³-hybridized carbons (Fsp3) is 0.375. The summed E-state index contributed by atoms with van der Waals surface area (Å²) < 4.78 is 44.0. The van der Waals surface area contributed by atoms with E-state index in [4.69, 9.17) is 14.2 Å². The van der Waals surface area contributed by atoms with E-state index in [0.717, 1.165) is 15.4 Å². The number of hydrogen-bond acceptors (Lipinski definition) is 7. The van der Waals surface area contributed by atoms with Gasteiger partial charge in [0, 0.05) is 24.6 Å². The third-order valence-corrected chi connectivity index (χ3v) is 8.62. The summed E-state index contributed by atoms with van der Waals surface area (Å²) in [6.07, 6.45) is 0.225. The van der Waals surface area contributed by atoms with Crippen LogP contribution in [0.1, 0.15) is 38.8 Å². The van der Waals surface area contributed by atoms with Crippen molar-refractivity contribution in [3.8, 4) is 17.2 Å². The van der Waals surface area contributed by atoms with Gasteiger partial charge in [0.15, 0.2) is 11.5 Å². The molecular formula is C32H39N3O7S. The van der Waals surface area contributed by atoms with Gasteiger partial charge in [-0.3, -0.25) is 13.9 Å². The van der Waals surface area contributed by atoms with E-state index in [1.54, 1.807) is 43.5 Å². The maximum Gasteiger partial charge on any atom is 0.244 e. The molecule has 1 atom stereocenters. The lowest BCUT2D eigenvalue weighted by molar-refractivity contribution is -0.140. The quantitative estimate of drug-likeness (QED) is 0.328. The van der Waals surface area contributed by atoms with Crippen LogP contribution in [0.2, 0.25) is 0 Å². The van der Waals surface area contributed by atoms with Crippen LogP contribution < -0.4 is 23.8 Å². The fourth-order valence-corrected chi connectivity index (χ4v) is 5.79. The number of methoxy groups -OCH3 is 1. The van der Waals surface area contributed by atoms with Crippen molar-refractivity contribution in [2.45, 2.75) is 52.2 Å². The van der Waals surface area contributed by atoms with Gasteiger partial charge in [-0.15, -0.1) is 0 Å². The lowest BCUT2D eigenvalue weighted by Crippen LogP contribution is -2.56. The number of fused-ring (bicyclic) bond motifs is 1. The first-order valence-corrected chi connectivity index (χ1v) is 15.7. The largest absolute Gasteiger partial charge is 0.497 e. The van der Waals surface area contributed by atoms with Crippen LogP contribution in [-0.2, 0) is 32.6 Å². The zero-order chi connectivity index (χ0) is 31.2. The monoisotopic (exact) mass is 609 g/mol. The van der Waals surface area contributed by atoms with Gasteiger partial charge in [-0.1, -0.05) is 42.5 Å². The number of nitrogens with one attached hydrogen (secondary N) is 1. The summed E-state index contributed by atoms with van der Waals surface area (Å²) >= 11 is 0. The Morgan fingerprint density at radius 3 is 2.33 bits per heavy atom. The fourth-order valence-electron chi connectivity index (χ4n) is 4.73. The van der Waals surface area contributed by atoms with Gasteiger partial charge in [-0.2, -0.15) is 0 Å². The molecule has 0 aromatic heterocycles. The molecule has 2 amide bonds. The van der Waals surface area contributed by atoms with Crippen molar-refractivity contribution in [3.05, 3.63) is 83.9 Å². The zero-order valence-electron chi connectivity index (χ0n) is 25.2. The lowest BCUT2D eigenvalue weighted by atomic mass is 10.0. The summed E-state index contributed by atoms with van der Waals surface area (Å²) in [5.74, 6) is 0.358. The maximum atomic E-state index is 14.3. The molecule has 0 spiro atoms. The molecule has 1 N–H and O–H groups in total. The second-order valence-corrected chi connectivity index (χ2v) is 13.4. The van der Waals surface area contributed by atoms with E-state index in [1.807, 2.05) is 57.2 Å². The highest BCUT2D eigenvalue weighted by atomic mass is 32.2. The number of carbonyl (C=O) groups excluding carboxylic acids is 2.